The van der Waals surface area contributed by atoms with Crippen LogP contribution in [0.3, 0.4) is 0 Å². The lowest BCUT2D eigenvalue weighted by atomic mass is 9.97. The van der Waals surface area contributed by atoms with E-state index in [1.54, 1.807) is 18.2 Å². The van der Waals surface area contributed by atoms with Gasteiger partial charge in [-0.1, -0.05) is 29.3 Å². The van der Waals surface area contributed by atoms with Gasteiger partial charge in [-0.25, -0.2) is 0 Å². The molecule has 0 aromatic heterocycles. The highest BCUT2D eigenvalue weighted by Crippen LogP contribution is 2.31. The predicted octanol–water partition coefficient (Wildman–Crippen LogP) is 3.20. The van der Waals surface area contributed by atoms with Crippen LogP contribution < -0.4 is 10.1 Å². The van der Waals surface area contributed by atoms with Crippen LogP contribution in [-0.4, -0.2) is 67.9 Å². The number of aliphatic imine (C=N–C) groups is 1. The zero-order valence-electron chi connectivity index (χ0n) is 16.6. The SMILES string of the molecule is CCNC(=NCC(O)COc1cccc(Cl)c1Cl)N1CCC(C(=O)OC)CC1.I. The Bertz CT molecular complexity index is 685. The molecule has 0 saturated carbocycles. The van der Waals surface area contributed by atoms with Gasteiger partial charge in [-0.3, -0.25) is 9.79 Å². The van der Waals surface area contributed by atoms with Gasteiger partial charge in [0, 0.05) is 19.6 Å². The first kappa shape index (κ1) is 26.1. The van der Waals surface area contributed by atoms with Crippen LogP contribution in [0, 0.1) is 5.92 Å². The molecule has 1 aliphatic heterocycles. The van der Waals surface area contributed by atoms with Gasteiger partial charge in [-0.15, -0.1) is 24.0 Å². The third-order valence-corrected chi connectivity index (χ3v) is 5.26. The molecule has 0 radical (unpaired) electrons. The van der Waals surface area contributed by atoms with Crippen molar-refractivity contribution in [3.8, 4) is 5.75 Å². The van der Waals surface area contributed by atoms with Crippen molar-refractivity contribution in [1.29, 1.82) is 0 Å². The van der Waals surface area contributed by atoms with E-state index in [1.165, 1.54) is 7.11 Å². The zero-order valence-corrected chi connectivity index (χ0v) is 20.4. The van der Waals surface area contributed by atoms with Crippen molar-refractivity contribution in [2.24, 2.45) is 10.9 Å². The van der Waals surface area contributed by atoms with Gasteiger partial charge in [0.15, 0.2) is 5.96 Å². The van der Waals surface area contributed by atoms with Crippen LogP contribution in [0.2, 0.25) is 10.0 Å². The van der Waals surface area contributed by atoms with E-state index in [0.29, 0.717) is 41.4 Å². The summed E-state index contributed by atoms with van der Waals surface area (Å²) in [6.45, 7) is 4.33. The van der Waals surface area contributed by atoms with Crippen LogP contribution in [-0.2, 0) is 9.53 Å². The maximum absolute atomic E-state index is 11.7. The van der Waals surface area contributed by atoms with Crippen molar-refractivity contribution < 1.29 is 19.4 Å². The maximum Gasteiger partial charge on any atom is 0.308 e. The molecule has 2 N–H and O–H groups in total. The summed E-state index contributed by atoms with van der Waals surface area (Å²) in [7, 11) is 1.42. The summed E-state index contributed by atoms with van der Waals surface area (Å²) in [5, 5.41) is 14.2. The average molecular weight is 560 g/mol. The fourth-order valence-corrected chi connectivity index (χ4v) is 3.29. The first-order chi connectivity index (χ1) is 13.5. The molecule has 1 unspecified atom stereocenters. The number of aliphatic hydroxyl groups excluding tert-OH is 1. The molecule has 0 bridgehead atoms. The number of ether oxygens (including phenoxy) is 2. The van der Waals surface area contributed by atoms with Crippen molar-refractivity contribution in [3.63, 3.8) is 0 Å². The van der Waals surface area contributed by atoms with Crippen LogP contribution >= 0.6 is 47.2 Å². The Morgan fingerprint density at radius 2 is 2.07 bits per heavy atom. The molecule has 2 rings (SSSR count). The first-order valence-electron chi connectivity index (χ1n) is 9.32. The molecule has 1 atom stereocenters. The summed E-state index contributed by atoms with van der Waals surface area (Å²) in [6, 6.07) is 5.10. The molecule has 1 aliphatic rings. The number of nitrogens with one attached hydrogen (secondary N) is 1. The van der Waals surface area contributed by atoms with E-state index in [1.807, 2.05) is 6.92 Å². The molecule has 1 saturated heterocycles. The van der Waals surface area contributed by atoms with Gasteiger partial charge < -0.3 is 24.8 Å². The summed E-state index contributed by atoms with van der Waals surface area (Å²) in [5.41, 5.74) is 0. The number of benzene rings is 1. The quantitative estimate of drug-likeness (QED) is 0.231. The maximum atomic E-state index is 11.7. The molecule has 1 aromatic carbocycles. The zero-order chi connectivity index (χ0) is 20.5. The van der Waals surface area contributed by atoms with Gasteiger partial charge in [-0.2, -0.15) is 0 Å². The van der Waals surface area contributed by atoms with Gasteiger partial charge in [-0.05, 0) is 31.9 Å². The fraction of sp³-hybridized carbons (Fsp3) is 0.579. The molecule has 0 aliphatic carbocycles. The molecule has 0 amide bonds. The lowest BCUT2D eigenvalue weighted by Crippen LogP contribution is -2.47. The second-order valence-corrected chi connectivity index (χ2v) is 7.28. The number of carbonyl (C=O) groups is 1. The lowest BCUT2D eigenvalue weighted by molar-refractivity contribution is -0.146. The number of halogens is 3. The van der Waals surface area contributed by atoms with E-state index in [-0.39, 0.29) is 49.0 Å². The Hall–Kier alpha value is -0.970. The minimum Gasteiger partial charge on any atom is -0.489 e. The lowest BCUT2D eigenvalue weighted by Gasteiger charge is -2.33. The van der Waals surface area contributed by atoms with Crippen LogP contribution in [0.25, 0.3) is 0 Å². The first-order valence-corrected chi connectivity index (χ1v) is 10.1. The number of guanidine groups is 1. The van der Waals surface area contributed by atoms with Gasteiger partial charge in [0.1, 0.15) is 23.5 Å². The molecule has 1 aromatic rings. The summed E-state index contributed by atoms with van der Waals surface area (Å²) >= 11 is 12.0. The molecule has 7 nitrogen and oxygen atoms in total. The van der Waals surface area contributed by atoms with E-state index in [4.69, 9.17) is 32.7 Å². The van der Waals surface area contributed by atoms with Crippen LogP contribution in [0.4, 0.5) is 0 Å². The van der Waals surface area contributed by atoms with Gasteiger partial charge in [0.2, 0.25) is 0 Å². The number of rotatable bonds is 7. The third-order valence-electron chi connectivity index (χ3n) is 4.46. The Balaban J connectivity index is 0.00000420. The standard InChI is InChI=1S/C19H27Cl2N3O4.HI/c1-3-22-19(24-9-7-13(8-10-24)18(26)27-2)23-11-14(25)12-28-16-6-4-5-15(20)17(16)21;/h4-6,13-14,25H,3,7-12H2,1-2H3,(H,22,23);1H. The summed E-state index contributed by atoms with van der Waals surface area (Å²) < 4.78 is 10.4. The van der Waals surface area contributed by atoms with E-state index in [9.17, 15) is 9.90 Å². The molecule has 1 fully saturated rings. The molecule has 10 heteroatoms. The number of methoxy groups -OCH3 is 1. The Morgan fingerprint density at radius 3 is 2.69 bits per heavy atom. The monoisotopic (exact) mass is 559 g/mol. The van der Waals surface area contributed by atoms with Crippen LogP contribution in [0.15, 0.2) is 23.2 Å². The summed E-state index contributed by atoms with van der Waals surface area (Å²) in [5.74, 6) is 0.916. The highest BCUT2D eigenvalue weighted by atomic mass is 127. The highest BCUT2D eigenvalue weighted by molar-refractivity contribution is 14.0. The van der Waals surface area contributed by atoms with E-state index >= 15 is 0 Å². The molecular formula is C19H28Cl2IN3O4. The Morgan fingerprint density at radius 1 is 1.38 bits per heavy atom. The predicted molar refractivity (Wildman–Crippen MR) is 126 cm³/mol. The second-order valence-electron chi connectivity index (χ2n) is 6.50. The fourth-order valence-electron chi connectivity index (χ4n) is 2.95. The number of hydrogen-bond acceptors (Lipinski definition) is 5. The number of likely N-dealkylation sites (tertiary alicyclic amines) is 1. The topological polar surface area (TPSA) is 83.4 Å². The van der Waals surface area contributed by atoms with Crippen molar-refractivity contribution in [3.05, 3.63) is 28.2 Å². The molecule has 1 heterocycles. The Kier molecular flexibility index (Phi) is 12.0. The van der Waals surface area contributed by atoms with Crippen molar-refractivity contribution in [2.75, 3.05) is 39.9 Å². The minimum absolute atomic E-state index is 0. The van der Waals surface area contributed by atoms with Crippen molar-refractivity contribution in [2.45, 2.75) is 25.9 Å². The third kappa shape index (κ3) is 7.99. The molecule has 0 spiro atoms. The van der Waals surface area contributed by atoms with Gasteiger partial charge >= 0.3 is 5.97 Å². The van der Waals surface area contributed by atoms with Gasteiger partial charge in [0.25, 0.3) is 0 Å². The van der Waals surface area contributed by atoms with Crippen LogP contribution in [0.5, 0.6) is 5.75 Å². The van der Waals surface area contributed by atoms with Crippen molar-refractivity contribution in [1.82, 2.24) is 10.2 Å². The average Bonchev–Trinajstić information content (AvgIpc) is 2.71. The van der Waals surface area contributed by atoms with E-state index in [2.05, 4.69) is 15.2 Å². The number of piperidine rings is 1. The number of nitrogens with zero attached hydrogens (tertiary/aromatic N) is 2. The second kappa shape index (κ2) is 13.4. The number of aliphatic hydroxyl groups is 1. The molecule has 164 valence electrons. The van der Waals surface area contributed by atoms with Crippen molar-refractivity contribution >= 4 is 59.1 Å². The Labute approximate surface area is 198 Å². The summed E-state index contributed by atoms with van der Waals surface area (Å²) in [6.07, 6.45) is 0.641. The molecule has 29 heavy (non-hydrogen) atoms. The largest absolute Gasteiger partial charge is 0.489 e. The minimum atomic E-state index is -0.795. The number of esters is 1. The summed E-state index contributed by atoms with van der Waals surface area (Å²) in [4.78, 5) is 18.3. The highest BCUT2D eigenvalue weighted by Gasteiger charge is 2.27. The normalized spacial score (nSPS) is 16.0. The molecular weight excluding hydrogens is 532 g/mol. The number of hydrogen-bond donors (Lipinski definition) is 2. The smallest absolute Gasteiger partial charge is 0.308 e. The van der Waals surface area contributed by atoms with E-state index in [0.717, 1.165) is 12.8 Å². The van der Waals surface area contributed by atoms with Gasteiger partial charge in [0.05, 0.1) is 24.6 Å². The number of carbonyl (C=O) groups excluding carboxylic acids is 1. The van der Waals surface area contributed by atoms with E-state index < -0.39 is 6.10 Å². The van der Waals surface area contributed by atoms with Crippen LogP contribution in [0.1, 0.15) is 19.8 Å².